The van der Waals surface area contributed by atoms with Gasteiger partial charge >= 0.3 is 0 Å². The largest absolute Gasteiger partial charge is 0.354 e. The fraction of sp³-hybridized carbons (Fsp3) is 0.938. The number of carbonyl (C=O) groups is 1. The molecule has 3 nitrogen and oxygen atoms in total. The summed E-state index contributed by atoms with van der Waals surface area (Å²) in [5.41, 5.74) is 0. The third kappa shape index (κ3) is 3.71. The second-order valence-corrected chi connectivity index (χ2v) is 7.15. The average molecular weight is 266 g/mol. The summed E-state index contributed by atoms with van der Waals surface area (Å²) in [5.74, 6) is 3.34. The Morgan fingerprint density at radius 3 is 2.42 bits per heavy atom. The number of nitrogens with one attached hydrogen (secondary N) is 2. The van der Waals surface area contributed by atoms with Crippen LogP contribution in [0.2, 0.25) is 0 Å². The van der Waals surface area contributed by atoms with Crippen LogP contribution < -0.4 is 10.6 Å². The van der Waals surface area contributed by atoms with E-state index in [0.29, 0.717) is 12.0 Å². The first kappa shape index (κ1) is 14.8. The first-order valence-corrected chi connectivity index (χ1v) is 8.01. The molecule has 3 heteroatoms. The van der Waals surface area contributed by atoms with Crippen molar-refractivity contribution in [3.63, 3.8) is 0 Å². The number of hydrogen-bond donors (Lipinski definition) is 2. The van der Waals surface area contributed by atoms with Crippen LogP contribution in [0.3, 0.4) is 0 Å². The summed E-state index contributed by atoms with van der Waals surface area (Å²) in [6, 6.07) is 0.392. The molecule has 5 unspecified atom stereocenters. The van der Waals surface area contributed by atoms with Crippen LogP contribution in [0.4, 0.5) is 0 Å². The molecule has 2 bridgehead atoms. The van der Waals surface area contributed by atoms with Crippen LogP contribution in [0.1, 0.15) is 53.4 Å². The Morgan fingerprint density at radius 1 is 1.16 bits per heavy atom. The summed E-state index contributed by atoms with van der Waals surface area (Å²) >= 11 is 0. The number of amides is 1. The van der Waals surface area contributed by atoms with Crippen molar-refractivity contribution in [2.45, 2.75) is 65.5 Å². The van der Waals surface area contributed by atoms with E-state index < -0.39 is 0 Å². The number of rotatable bonds is 6. The molecular formula is C16H30N2O. The van der Waals surface area contributed by atoms with Gasteiger partial charge in [0.15, 0.2) is 0 Å². The fourth-order valence-electron chi connectivity index (χ4n) is 3.96. The Morgan fingerprint density at radius 2 is 1.89 bits per heavy atom. The second-order valence-electron chi connectivity index (χ2n) is 7.15. The zero-order valence-electron chi connectivity index (χ0n) is 12.9. The molecule has 5 atom stereocenters. The molecule has 110 valence electrons. The monoisotopic (exact) mass is 266 g/mol. The molecule has 2 saturated carbocycles. The molecule has 2 N–H and O–H groups in total. The minimum atomic E-state index is -0.0760. The predicted molar refractivity (Wildman–Crippen MR) is 78.8 cm³/mol. The van der Waals surface area contributed by atoms with E-state index in [2.05, 4.69) is 31.4 Å². The maximum Gasteiger partial charge on any atom is 0.236 e. The third-order valence-electron chi connectivity index (χ3n) is 5.03. The van der Waals surface area contributed by atoms with Crippen molar-refractivity contribution in [1.82, 2.24) is 10.6 Å². The van der Waals surface area contributed by atoms with Gasteiger partial charge in [0.25, 0.3) is 0 Å². The Kier molecular flexibility index (Phi) is 4.88. The summed E-state index contributed by atoms with van der Waals surface area (Å²) in [6.07, 6.45) is 5.66. The van der Waals surface area contributed by atoms with E-state index in [1.165, 1.54) is 25.7 Å². The molecule has 0 spiro atoms. The molecule has 19 heavy (non-hydrogen) atoms. The van der Waals surface area contributed by atoms with E-state index in [1.807, 2.05) is 6.92 Å². The smallest absolute Gasteiger partial charge is 0.236 e. The van der Waals surface area contributed by atoms with Gasteiger partial charge in [-0.2, -0.15) is 0 Å². The van der Waals surface area contributed by atoms with Crippen LogP contribution in [0.25, 0.3) is 0 Å². The minimum Gasteiger partial charge on any atom is -0.354 e. The molecule has 0 radical (unpaired) electrons. The van der Waals surface area contributed by atoms with E-state index in [1.54, 1.807) is 0 Å². The molecule has 0 aromatic heterocycles. The molecule has 2 aliphatic carbocycles. The molecule has 2 fully saturated rings. The van der Waals surface area contributed by atoms with Gasteiger partial charge in [0.05, 0.1) is 6.04 Å². The highest BCUT2D eigenvalue weighted by atomic mass is 16.2. The van der Waals surface area contributed by atoms with Gasteiger partial charge in [-0.25, -0.2) is 0 Å². The molecule has 0 aliphatic heterocycles. The highest BCUT2D eigenvalue weighted by molar-refractivity contribution is 5.81. The zero-order chi connectivity index (χ0) is 14.0. The maximum absolute atomic E-state index is 12.0. The van der Waals surface area contributed by atoms with Crippen molar-refractivity contribution in [2.24, 2.45) is 23.7 Å². The summed E-state index contributed by atoms with van der Waals surface area (Å²) < 4.78 is 0. The van der Waals surface area contributed by atoms with Gasteiger partial charge in [0.2, 0.25) is 5.91 Å². The Hall–Kier alpha value is -0.570. The van der Waals surface area contributed by atoms with E-state index in [0.717, 1.165) is 24.3 Å². The lowest BCUT2D eigenvalue weighted by molar-refractivity contribution is -0.123. The second kappa shape index (κ2) is 6.25. The van der Waals surface area contributed by atoms with Gasteiger partial charge in [0, 0.05) is 12.6 Å². The lowest BCUT2D eigenvalue weighted by Crippen LogP contribution is -2.49. The summed E-state index contributed by atoms with van der Waals surface area (Å²) in [4.78, 5) is 12.0. The van der Waals surface area contributed by atoms with Crippen molar-refractivity contribution in [1.29, 1.82) is 0 Å². The minimum absolute atomic E-state index is 0.0760. The molecule has 1 amide bonds. The molecule has 0 aromatic carbocycles. The van der Waals surface area contributed by atoms with Gasteiger partial charge in [-0.3, -0.25) is 4.79 Å². The first-order valence-electron chi connectivity index (χ1n) is 8.01. The van der Waals surface area contributed by atoms with Crippen LogP contribution in [-0.4, -0.2) is 24.5 Å². The topological polar surface area (TPSA) is 41.1 Å². The molecule has 2 rings (SSSR count). The lowest BCUT2D eigenvalue weighted by Gasteiger charge is -2.30. The number of fused-ring (bicyclic) bond motifs is 2. The highest BCUT2D eigenvalue weighted by Crippen LogP contribution is 2.49. The maximum atomic E-state index is 12.0. The average Bonchev–Trinajstić information content (AvgIpc) is 2.97. The van der Waals surface area contributed by atoms with E-state index in [-0.39, 0.29) is 11.9 Å². The highest BCUT2D eigenvalue weighted by Gasteiger charge is 2.42. The van der Waals surface area contributed by atoms with Crippen LogP contribution in [-0.2, 0) is 4.79 Å². The Labute approximate surface area is 117 Å². The molecular weight excluding hydrogens is 236 g/mol. The van der Waals surface area contributed by atoms with Crippen LogP contribution in [0, 0.1) is 23.7 Å². The summed E-state index contributed by atoms with van der Waals surface area (Å²) in [6.45, 7) is 9.26. The third-order valence-corrected chi connectivity index (χ3v) is 5.03. The van der Waals surface area contributed by atoms with Gasteiger partial charge < -0.3 is 10.6 Å². The Balaban J connectivity index is 1.75. The lowest BCUT2D eigenvalue weighted by atomic mass is 9.84. The predicted octanol–water partition coefficient (Wildman–Crippen LogP) is 2.56. The zero-order valence-corrected chi connectivity index (χ0v) is 12.9. The van der Waals surface area contributed by atoms with E-state index in [9.17, 15) is 4.79 Å². The molecule has 2 aliphatic rings. The van der Waals surface area contributed by atoms with Crippen LogP contribution in [0.15, 0.2) is 0 Å². The number of carbonyl (C=O) groups excluding carboxylic acids is 1. The molecule has 0 saturated heterocycles. The standard InChI is InChI=1S/C16H30N2O/c1-10(2)9-17-16(19)12(4)18-11(3)15-8-13-5-6-14(15)7-13/h10-15,18H,5-9H2,1-4H3,(H,17,19). The van der Waals surface area contributed by atoms with Gasteiger partial charge in [-0.05, 0) is 56.8 Å². The van der Waals surface area contributed by atoms with Crippen molar-refractivity contribution in [2.75, 3.05) is 6.54 Å². The molecule has 0 aromatic rings. The SMILES string of the molecule is CC(C)CNC(=O)C(C)NC(C)C1CC2CCC1C2. The van der Waals surface area contributed by atoms with Crippen LogP contribution >= 0.6 is 0 Å². The summed E-state index contributed by atoms with van der Waals surface area (Å²) in [7, 11) is 0. The molecule has 0 heterocycles. The van der Waals surface area contributed by atoms with Gasteiger partial charge in [0.1, 0.15) is 0 Å². The Bertz CT molecular complexity index is 316. The van der Waals surface area contributed by atoms with Gasteiger partial charge in [-0.1, -0.05) is 20.3 Å². The number of hydrogen-bond acceptors (Lipinski definition) is 2. The van der Waals surface area contributed by atoms with E-state index >= 15 is 0 Å². The van der Waals surface area contributed by atoms with E-state index in [4.69, 9.17) is 0 Å². The summed E-state index contributed by atoms with van der Waals surface area (Å²) in [5, 5.41) is 6.53. The normalized spacial score (nSPS) is 32.6. The van der Waals surface area contributed by atoms with Crippen molar-refractivity contribution in [3.05, 3.63) is 0 Å². The van der Waals surface area contributed by atoms with Crippen molar-refractivity contribution in [3.8, 4) is 0 Å². The quantitative estimate of drug-likeness (QED) is 0.776. The van der Waals surface area contributed by atoms with Crippen molar-refractivity contribution < 1.29 is 4.79 Å². The van der Waals surface area contributed by atoms with Gasteiger partial charge in [-0.15, -0.1) is 0 Å². The first-order chi connectivity index (χ1) is 8.97. The van der Waals surface area contributed by atoms with Crippen LogP contribution in [0.5, 0.6) is 0 Å². The van der Waals surface area contributed by atoms with Crippen molar-refractivity contribution >= 4 is 5.91 Å². The fourth-order valence-corrected chi connectivity index (χ4v) is 3.96.